The van der Waals surface area contributed by atoms with Crippen LogP contribution in [0.1, 0.15) is 12.8 Å². The molecule has 0 rings (SSSR count). The molecule has 0 aromatic heterocycles. The Morgan fingerprint density at radius 1 is 1.30 bits per heavy atom. The quantitative estimate of drug-likeness (QED) is 0.354. The fourth-order valence-corrected chi connectivity index (χ4v) is 0.729. The minimum absolute atomic E-state index is 0.356. The van der Waals surface area contributed by atoms with Crippen molar-refractivity contribution in [1.29, 1.82) is 0 Å². The first-order valence-corrected chi connectivity index (χ1v) is 4.27. The second-order valence-electron chi connectivity index (χ2n) is 1.82. The van der Waals surface area contributed by atoms with E-state index in [-0.39, 0.29) is 0 Å². The lowest BCUT2D eigenvalue weighted by molar-refractivity contribution is -0.139. The van der Waals surface area contributed by atoms with Crippen LogP contribution in [-0.4, -0.2) is 24.7 Å². The standard InChI is InChI=1S/C6H11Cl2O2/c7-3-1-5-10-6(9)2-4-8/h6H,1-5H2. The van der Waals surface area contributed by atoms with Crippen molar-refractivity contribution in [2.45, 2.75) is 19.1 Å². The third-order valence-electron chi connectivity index (χ3n) is 0.927. The number of halogens is 2. The van der Waals surface area contributed by atoms with Crippen LogP contribution >= 0.6 is 23.2 Å². The van der Waals surface area contributed by atoms with Crippen LogP contribution in [0.2, 0.25) is 0 Å². The maximum atomic E-state index is 10.7. The molecule has 0 aliphatic carbocycles. The monoisotopic (exact) mass is 185 g/mol. The van der Waals surface area contributed by atoms with Crippen molar-refractivity contribution in [3.05, 3.63) is 0 Å². The lowest BCUT2D eigenvalue weighted by Gasteiger charge is -2.06. The van der Waals surface area contributed by atoms with Gasteiger partial charge in [0.25, 0.3) is 0 Å². The normalized spacial score (nSPS) is 13.5. The average Bonchev–Trinajstić information content (AvgIpc) is 1.89. The molecule has 61 valence electrons. The zero-order chi connectivity index (χ0) is 7.82. The molecule has 0 bridgehead atoms. The summed E-state index contributed by atoms with van der Waals surface area (Å²) < 4.78 is 4.80. The van der Waals surface area contributed by atoms with Crippen LogP contribution in [0.5, 0.6) is 0 Å². The van der Waals surface area contributed by atoms with Crippen molar-refractivity contribution in [2.75, 3.05) is 18.4 Å². The average molecular weight is 186 g/mol. The lowest BCUT2D eigenvalue weighted by Crippen LogP contribution is -2.11. The maximum absolute atomic E-state index is 10.7. The molecule has 0 fully saturated rings. The smallest absolute Gasteiger partial charge is 0.192 e. The molecule has 0 aliphatic heterocycles. The van der Waals surface area contributed by atoms with E-state index in [1.165, 1.54) is 0 Å². The molecule has 0 heterocycles. The summed E-state index contributed by atoms with van der Waals surface area (Å²) in [6.45, 7) is 0.439. The summed E-state index contributed by atoms with van der Waals surface area (Å²) in [7, 11) is 0. The molecule has 2 nitrogen and oxygen atoms in total. The second kappa shape index (κ2) is 7.61. The Hall–Kier alpha value is 0.500. The molecule has 1 atom stereocenters. The van der Waals surface area contributed by atoms with E-state index in [9.17, 15) is 5.11 Å². The molecule has 0 saturated heterocycles. The number of hydrogen-bond donors (Lipinski definition) is 0. The second-order valence-corrected chi connectivity index (χ2v) is 2.58. The van der Waals surface area contributed by atoms with Crippen LogP contribution < -0.4 is 0 Å². The summed E-state index contributed by atoms with van der Waals surface area (Å²) in [5, 5.41) is 10.7. The van der Waals surface area contributed by atoms with Gasteiger partial charge in [-0.1, -0.05) is 0 Å². The van der Waals surface area contributed by atoms with Gasteiger partial charge >= 0.3 is 0 Å². The largest absolute Gasteiger partial charge is 0.350 e. The van der Waals surface area contributed by atoms with Crippen molar-refractivity contribution in [3.63, 3.8) is 0 Å². The van der Waals surface area contributed by atoms with E-state index >= 15 is 0 Å². The third kappa shape index (κ3) is 6.62. The Bertz CT molecular complexity index is 70.8. The van der Waals surface area contributed by atoms with E-state index in [4.69, 9.17) is 27.9 Å². The van der Waals surface area contributed by atoms with Gasteiger partial charge in [-0.3, -0.25) is 0 Å². The predicted octanol–water partition coefficient (Wildman–Crippen LogP) is 2.02. The number of ether oxygens (including phenoxy) is 1. The van der Waals surface area contributed by atoms with Crippen molar-refractivity contribution >= 4 is 23.2 Å². The van der Waals surface area contributed by atoms with E-state index in [1.807, 2.05) is 0 Å². The van der Waals surface area contributed by atoms with Gasteiger partial charge in [0.05, 0.1) is 6.61 Å². The Balaban J connectivity index is 2.97. The molecule has 0 saturated carbocycles. The minimum Gasteiger partial charge on any atom is -0.350 e. The Labute approximate surface area is 71.1 Å². The van der Waals surface area contributed by atoms with E-state index in [2.05, 4.69) is 0 Å². The van der Waals surface area contributed by atoms with Gasteiger partial charge in [-0.25, -0.2) is 5.11 Å². The molecule has 10 heavy (non-hydrogen) atoms. The van der Waals surface area contributed by atoms with Gasteiger partial charge in [0.2, 0.25) is 0 Å². The molecule has 1 unspecified atom stereocenters. The summed E-state index contributed by atoms with van der Waals surface area (Å²) in [6, 6.07) is 0. The first-order valence-electron chi connectivity index (χ1n) is 3.20. The van der Waals surface area contributed by atoms with Gasteiger partial charge in [0, 0.05) is 18.2 Å². The highest BCUT2D eigenvalue weighted by atomic mass is 35.5. The summed E-state index contributed by atoms with van der Waals surface area (Å²) in [4.78, 5) is 0. The van der Waals surface area contributed by atoms with E-state index in [0.29, 0.717) is 24.8 Å². The number of rotatable bonds is 6. The molecule has 0 aromatic rings. The highest BCUT2D eigenvalue weighted by Crippen LogP contribution is 1.98. The van der Waals surface area contributed by atoms with Crippen molar-refractivity contribution in [3.8, 4) is 0 Å². The lowest BCUT2D eigenvalue weighted by atomic mass is 10.4. The molecule has 1 radical (unpaired) electrons. The van der Waals surface area contributed by atoms with Gasteiger partial charge in [-0.05, 0) is 6.42 Å². The molecule has 0 N–H and O–H groups in total. The van der Waals surface area contributed by atoms with Gasteiger partial charge < -0.3 is 4.74 Å². The van der Waals surface area contributed by atoms with Crippen LogP contribution in [0.15, 0.2) is 0 Å². The van der Waals surface area contributed by atoms with E-state index in [0.717, 1.165) is 6.42 Å². The number of alkyl halides is 2. The summed E-state index contributed by atoms with van der Waals surface area (Å²) in [5.41, 5.74) is 0. The molecule has 0 aliphatic rings. The first kappa shape index (κ1) is 10.5. The van der Waals surface area contributed by atoms with Gasteiger partial charge in [-0.15, -0.1) is 23.2 Å². The molecule has 0 amide bonds. The summed E-state index contributed by atoms with van der Waals surface area (Å²) >= 11 is 10.7. The zero-order valence-electron chi connectivity index (χ0n) is 5.69. The fraction of sp³-hybridized carbons (Fsp3) is 1.00. The highest BCUT2D eigenvalue weighted by molar-refractivity contribution is 6.18. The third-order valence-corrected chi connectivity index (χ3v) is 1.41. The van der Waals surface area contributed by atoms with Crippen LogP contribution in [0.4, 0.5) is 0 Å². The fourth-order valence-electron chi connectivity index (χ4n) is 0.442. The zero-order valence-corrected chi connectivity index (χ0v) is 7.20. The summed E-state index contributed by atoms with van der Waals surface area (Å²) in [5.74, 6) is 0.892. The molecular formula is C6H11Cl2O2. The van der Waals surface area contributed by atoms with Crippen LogP contribution in [0.3, 0.4) is 0 Å². The van der Waals surface area contributed by atoms with Crippen LogP contribution in [0, 0.1) is 0 Å². The molecule has 0 aromatic carbocycles. The van der Waals surface area contributed by atoms with Crippen molar-refractivity contribution in [2.24, 2.45) is 0 Å². The van der Waals surface area contributed by atoms with E-state index in [1.54, 1.807) is 0 Å². The molecular weight excluding hydrogens is 175 g/mol. The van der Waals surface area contributed by atoms with Crippen molar-refractivity contribution < 1.29 is 9.84 Å². The summed E-state index contributed by atoms with van der Waals surface area (Å²) in [6.07, 6.45) is 0.118. The first-order chi connectivity index (χ1) is 4.81. The Morgan fingerprint density at radius 3 is 2.50 bits per heavy atom. The van der Waals surface area contributed by atoms with Gasteiger partial charge in [-0.2, -0.15) is 0 Å². The minimum atomic E-state index is -0.972. The van der Waals surface area contributed by atoms with Crippen molar-refractivity contribution in [1.82, 2.24) is 0 Å². The van der Waals surface area contributed by atoms with Crippen LogP contribution in [0.25, 0.3) is 0 Å². The molecule has 4 heteroatoms. The Kier molecular flexibility index (Phi) is 7.99. The van der Waals surface area contributed by atoms with E-state index < -0.39 is 6.29 Å². The van der Waals surface area contributed by atoms with Crippen LogP contribution in [-0.2, 0) is 9.84 Å². The van der Waals surface area contributed by atoms with Gasteiger partial charge in [0.15, 0.2) is 6.29 Å². The topological polar surface area (TPSA) is 29.1 Å². The maximum Gasteiger partial charge on any atom is 0.192 e. The highest BCUT2D eigenvalue weighted by Gasteiger charge is 2.03. The number of hydrogen-bond acceptors (Lipinski definition) is 1. The molecule has 0 spiro atoms. The Morgan fingerprint density at radius 2 is 2.00 bits per heavy atom. The SMILES string of the molecule is [O]C(CCCl)OCCCCl. The van der Waals surface area contributed by atoms with Gasteiger partial charge in [0.1, 0.15) is 0 Å². The predicted molar refractivity (Wildman–Crippen MR) is 41.1 cm³/mol.